The van der Waals surface area contributed by atoms with Crippen molar-refractivity contribution < 1.29 is 23.8 Å². The fourth-order valence-electron chi connectivity index (χ4n) is 2.03. The largest absolute Gasteiger partial charge is 0.466 e. The van der Waals surface area contributed by atoms with Gasteiger partial charge in [-0.3, -0.25) is 9.59 Å². The predicted octanol–water partition coefficient (Wildman–Crippen LogP) is 1.30. The van der Waals surface area contributed by atoms with Gasteiger partial charge in [0.05, 0.1) is 37.8 Å². The summed E-state index contributed by atoms with van der Waals surface area (Å²) in [5.74, 6) is -0.971. The lowest BCUT2D eigenvalue weighted by Crippen LogP contribution is -2.29. The van der Waals surface area contributed by atoms with E-state index in [1.54, 1.807) is 13.8 Å². The van der Waals surface area contributed by atoms with E-state index in [0.29, 0.717) is 19.6 Å². The Hall–Kier alpha value is -1.10. The molecule has 1 aliphatic rings. The van der Waals surface area contributed by atoms with Gasteiger partial charge in [-0.05, 0) is 27.2 Å². The first-order chi connectivity index (χ1) is 8.08. The first-order valence-electron chi connectivity index (χ1n) is 6.06. The van der Waals surface area contributed by atoms with Crippen LogP contribution in [0.2, 0.25) is 0 Å². The van der Waals surface area contributed by atoms with Gasteiger partial charge in [0, 0.05) is 0 Å². The molecule has 1 aliphatic heterocycles. The number of carbonyl (C=O) groups excluding carboxylic acids is 2. The van der Waals surface area contributed by atoms with Gasteiger partial charge in [0.25, 0.3) is 0 Å². The number of rotatable bonds is 5. The summed E-state index contributed by atoms with van der Waals surface area (Å²) in [6.07, 6.45) is 0.275. The summed E-state index contributed by atoms with van der Waals surface area (Å²) in [6, 6.07) is 0. The SMILES string of the molecule is CCOC(=O)C[C@H]1O[C@@H](C)C[C@H]1C(=O)OCC. The number of carbonyl (C=O) groups is 2. The minimum absolute atomic E-state index is 0.0242. The van der Waals surface area contributed by atoms with Crippen molar-refractivity contribution in [1.29, 1.82) is 0 Å². The monoisotopic (exact) mass is 244 g/mol. The standard InChI is InChI=1S/C12H20O5/c1-4-15-11(13)7-10-9(6-8(3)17-10)12(14)16-5-2/h8-10H,4-7H2,1-3H3/t8-,9+,10+/m0/s1. The van der Waals surface area contributed by atoms with Crippen molar-refractivity contribution in [2.45, 2.75) is 45.8 Å². The van der Waals surface area contributed by atoms with E-state index in [1.807, 2.05) is 6.92 Å². The molecule has 0 aliphatic carbocycles. The molecule has 0 spiro atoms. The highest BCUT2D eigenvalue weighted by atomic mass is 16.6. The lowest BCUT2D eigenvalue weighted by molar-refractivity contribution is -0.152. The Morgan fingerprint density at radius 3 is 2.47 bits per heavy atom. The zero-order chi connectivity index (χ0) is 12.8. The molecule has 17 heavy (non-hydrogen) atoms. The molecule has 5 heteroatoms. The summed E-state index contributed by atoms with van der Waals surface area (Å²) >= 11 is 0. The molecule has 0 unspecified atom stereocenters. The van der Waals surface area contributed by atoms with Crippen LogP contribution in [0.5, 0.6) is 0 Å². The van der Waals surface area contributed by atoms with Crippen molar-refractivity contribution in [3.8, 4) is 0 Å². The van der Waals surface area contributed by atoms with E-state index in [-0.39, 0.29) is 30.4 Å². The molecule has 0 saturated carbocycles. The van der Waals surface area contributed by atoms with Crippen molar-refractivity contribution in [3.05, 3.63) is 0 Å². The highest BCUT2D eigenvalue weighted by Crippen LogP contribution is 2.29. The number of hydrogen-bond acceptors (Lipinski definition) is 5. The number of esters is 2. The second-order valence-electron chi connectivity index (χ2n) is 4.09. The third-order valence-corrected chi connectivity index (χ3v) is 2.70. The summed E-state index contributed by atoms with van der Waals surface area (Å²) in [6.45, 7) is 6.08. The van der Waals surface area contributed by atoms with Gasteiger partial charge in [0.1, 0.15) is 0 Å². The fourth-order valence-corrected chi connectivity index (χ4v) is 2.03. The van der Waals surface area contributed by atoms with Gasteiger partial charge < -0.3 is 14.2 Å². The van der Waals surface area contributed by atoms with Crippen LogP contribution in [0.3, 0.4) is 0 Å². The van der Waals surface area contributed by atoms with Gasteiger partial charge in [-0.15, -0.1) is 0 Å². The lowest BCUT2D eigenvalue weighted by Gasteiger charge is -2.16. The van der Waals surface area contributed by atoms with E-state index in [4.69, 9.17) is 14.2 Å². The predicted molar refractivity (Wildman–Crippen MR) is 60.3 cm³/mol. The normalized spacial score (nSPS) is 27.8. The van der Waals surface area contributed by atoms with Gasteiger partial charge >= 0.3 is 11.9 Å². The first kappa shape index (κ1) is 14.0. The molecule has 0 aromatic rings. The van der Waals surface area contributed by atoms with Crippen LogP contribution < -0.4 is 0 Å². The van der Waals surface area contributed by atoms with Crippen molar-refractivity contribution in [3.63, 3.8) is 0 Å². The Morgan fingerprint density at radius 2 is 1.88 bits per heavy atom. The molecule has 0 aromatic heterocycles. The molecule has 0 radical (unpaired) electrons. The van der Waals surface area contributed by atoms with Gasteiger partial charge in [0.2, 0.25) is 0 Å². The van der Waals surface area contributed by atoms with Crippen LogP contribution >= 0.6 is 0 Å². The van der Waals surface area contributed by atoms with Crippen molar-refractivity contribution in [1.82, 2.24) is 0 Å². The van der Waals surface area contributed by atoms with E-state index >= 15 is 0 Å². The van der Waals surface area contributed by atoms with Gasteiger partial charge in [0.15, 0.2) is 0 Å². The Kier molecular flexibility index (Phi) is 5.41. The summed E-state index contributed by atoms with van der Waals surface area (Å²) in [5, 5.41) is 0. The number of hydrogen-bond donors (Lipinski definition) is 0. The molecule has 0 N–H and O–H groups in total. The molecule has 0 bridgehead atoms. The maximum absolute atomic E-state index is 11.7. The molecule has 1 fully saturated rings. The molecule has 1 rings (SSSR count). The zero-order valence-electron chi connectivity index (χ0n) is 10.6. The molecule has 98 valence electrons. The van der Waals surface area contributed by atoms with Crippen LogP contribution in [-0.4, -0.2) is 37.4 Å². The summed E-state index contributed by atoms with van der Waals surface area (Å²) in [4.78, 5) is 23.1. The highest BCUT2D eigenvalue weighted by molar-refractivity contribution is 5.76. The second-order valence-corrected chi connectivity index (χ2v) is 4.09. The maximum atomic E-state index is 11.7. The summed E-state index contributed by atoms with van der Waals surface area (Å²) < 4.78 is 15.4. The molecular formula is C12H20O5. The van der Waals surface area contributed by atoms with E-state index in [2.05, 4.69) is 0 Å². The van der Waals surface area contributed by atoms with Crippen LogP contribution in [0.25, 0.3) is 0 Å². The van der Waals surface area contributed by atoms with Crippen LogP contribution in [0.15, 0.2) is 0 Å². The molecule has 0 aromatic carbocycles. The van der Waals surface area contributed by atoms with Crippen LogP contribution in [0, 0.1) is 5.92 Å². The smallest absolute Gasteiger partial charge is 0.311 e. The van der Waals surface area contributed by atoms with E-state index in [0.717, 1.165) is 0 Å². The minimum Gasteiger partial charge on any atom is -0.466 e. The summed E-state index contributed by atoms with van der Waals surface area (Å²) in [5.41, 5.74) is 0. The molecule has 1 saturated heterocycles. The molecule has 1 heterocycles. The van der Waals surface area contributed by atoms with E-state index < -0.39 is 6.10 Å². The molecule has 5 nitrogen and oxygen atoms in total. The maximum Gasteiger partial charge on any atom is 0.311 e. The third kappa shape index (κ3) is 4.00. The summed E-state index contributed by atoms with van der Waals surface area (Å²) in [7, 11) is 0. The first-order valence-corrected chi connectivity index (χ1v) is 6.06. The van der Waals surface area contributed by atoms with E-state index in [9.17, 15) is 9.59 Å². The Labute approximate surface area is 101 Å². The number of ether oxygens (including phenoxy) is 3. The molecule has 3 atom stereocenters. The second kappa shape index (κ2) is 6.59. The van der Waals surface area contributed by atoms with Gasteiger partial charge in [-0.25, -0.2) is 0 Å². The zero-order valence-corrected chi connectivity index (χ0v) is 10.6. The average molecular weight is 244 g/mol. The van der Waals surface area contributed by atoms with Crippen LogP contribution in [-0.2, 0) is 23.8 Å². The topological polar surface area (TPSA) is 61.8 Å². The van der Waals surface area contributed by atoms with E-state index in [1.165, 1.54) is 0 Å². The van der Waals surface area contributed by atoms with Gasteiger partial charge in [-0.2, -0.15) is 0 Å². The Bertz CT molecular complexity index is 276. The van der Waals surface area contributed by atoms with Crippen LogP contribution in [0.1, 0.15) is 33.6 Å². The molecular weight excluding hydrogens is 224 g/mol. The third-order valence-electron chi connectivity index (χ3n) is 2.70. The van der Waals surface area contributed by atoms with Gasteiger partial charge in [-0.1, -0.05) is 0 Å². The van der Waals surface area contributed by atoms with Crippen molar-refractivity contribution in [2.24, 2.45) is 5.92 Å². The highest BCUT2D eigenvalue weighted by Gasteiger charge is 2.40. The fraction of sp³-hybridized carbons (Fsp3) is 0.833. The minimum atomic E-state index is -0.414. The molecule has 0 amide bonds. The van der Waals surface area contributed by atoms with Crippen molar-refractivity contribution >= 4 is 11.9 Å². The average Bonchev–Trinajstić information content (AvgIpc) is 2.60. The van der Waals surface area contributed by atoms with Crippen molar-refractivity contribution in [2.75, 3.05) is 13.2 Å². The van der Waals surface area contributed by atoms with Crippen LogP contribution in [0.4, 0.5) is 0 Å². The lowest BCUT2D eigenvalue weighted by atomic mass is 9.97. The quantitative estimate of drug-likeness (QED) is 0.682. The Morgan fingerprint density at radius 1 is 1.24 bits per heavy atom. The Balaban J connectivity index is 2.55.